The molecule has 1 atom stereocenters. The van der Waals surface area contributed by atoms with Crippen molar-refractivity contribution < 1.29 is 4.79 Å². The number of carbonyl (C=O) groups is 1. The van der Waals surface area contributed by atoms with Gasteiger partial charge in [-0.3, -0.25) is 4.79 Å². The van der Waals surface area contributed by atoms with Crippen molar-refractivity contribution in [3.05, 3.63) is 28.2 Å². The van der Waals surface area contributed by atoms with Gasteiger partial charge in [-0.15, -0.1) is 21.5 Å². The van der Waals surface area contributed by atoms with E-state index in [1.54, 1.807) is 11.3 Å². The van der Waals surface area contributed by atoms with E-state index in [1.807, 2.05) is 24.6 Å². The van der Waals surface area contributed by atoms with Crippen LogP contribution >= 0.6 is 23.1 Å². The van der Waals surface area contributed by atoms with Crippen molar-refractivity contribution in [1.29, 1.82) is 0 Å². The van der Waals surface area contributed by atoms with Gasteiger partial charge in [0.15, 0.2) is 5.16 Å². The minimum Gasteiger partial charge on any atom is -0.352 e. The Morgan fingerprint density at radius 1 is 1.36 bits per heavy atom. The Morgan fingerprint density at radius 3 is 2.80 bits per heavy atom. The fourth-order valence-corrected chi connectivity index (χ4v) is 4.67. The first-order valence-corrected chi connectivity index (χ1v) is 10.8. The van der Waals surface area contributed by atoms with Crippen LogP contribution in [0.2, 0.25) is 0 Å². The van der Waals surface area contributed by atoms with E-state index in [9.17, 15) is 4.79 Å². The second kappa shape index (κ2) is 8.85. The third-order valence-corrected chi connectivity index (χ3v) is 6.70. The second-order valence-electron chi connectivity index (χ2n) is 6.67. The van der Waals surface area contributed by atoms with Crippen LogP contribution in [0.5, 0.6) is 0 Å². The summed E-state index contributed by atoms with van der Waals surface area (Å²) in [5.74, 6) is 1.04. The lowest BCUT2D eigenvalue weighted by atomic mass is 10.1. The Kier molecular flexibility index (Phi) is 6.53. The van der Waals surface area contributed by atoms with Crippen molar-refractivity contribution in [3.63, 3.8) is 0 Å². The molecule has 3 rings (SSSR count). The summed E-state index contributed by atoms with van der Waals surface area (Å²) in [6, 6.07) is 4.49. The number of thiophene rings is 1. The van der Waals surface area contributed by atoms with E-state index in [2.05, 4.69) is 27.0 Å². The lowest BCUT2D eigenvalue weighted by Gasteiger charge is -2.19. The summed E-state index contributed by atoms with van der Waals surface area (Å²) in [5, 5.41) is 14.5. The molecule has 7 heteroatoms. The first-order chi connectivity index (χ1) is 12.1. The number of hydrogen-bond donors (Lipinski definition) is 1. The lowest BCUT2D eigenvalue weighted by molar-refractivity contribution is -0.121. The van der Waals surface area contributed by atoms with Gasteiger partial charge >= 0.3 is 0 Å². The minimum absolute atomic E-state index is 0.111. The third-order valence-electron chi connectivity index (χ3n) is 4.69. The van der Waals surface area contributed by atoms with Gasteiger partial charge < -0.3 is 9.88 Å². The molecule has 2 aromatic heterocycles. The molecule has 0 saturated heterocycles. The Labute approximate surface area is 157 Å². The molecule has 1 saturated carbocycles. The maximum absolute atomic E-state index is 12.5. The molecule has 1 aliphatic carbocycles. The maximum atomic E-state index is 12.5. The molecule has 1 N–H and O–H groups in total. The average molecular weight is 379 g/mol. The summed E-state index contributed by atoms with van der Waals surface area (Å²) < 4.78 is 2.00. The van der Waals surface area contributed by atoms with Crippen molar-refractivity contribution >= 4 is 29.0 Å². The van der Waals surface area contributed by atoms with E-state index >= 15 is 0 Å². The van der Waals surface area contributed by atoms with Gasteiger partial charge in [-0.25, -0.2) is 0 Å². The standard InChI is InChI=1S/C18H26N4OS2/c1-13(17(23)19-14-8-5-3-4-6-9-14)25-18-21-20-16(22(18)2)12-15-10-7-11-24-15/h7,10-11,13-14H,3-6,8-9,12H2,1-2H3,(H,19,23)/t13-/m0/s1. The zero-order valence-corrected chi connectivity index (χ0v) is 16.5. The van der Waals surface area contributed by atoms with Crippen LogP contribution in [0.3, 0.4) is 0 Å². The van der Waals surface area contributed by atoms with E-state index < -0.39 is 0 Å². The first-order valence-electron chi connectivity index (χ1n) is 9.01. The highest BCUT2D eigenvalue weighted by Crippen LogP contribution is 2.24. The zero-order chi connectivity index (χ0) is 17.6. The summed E-state index contributed by atoms with van der Waals surface area (Å²) in [5.41, 5.74) is 0. The molecule has 1 amide bonds. The van der Waals surface area contributed by atoms with E-state index in [0.717, 1.165) is 30.2 Å². The van der Waals surface area contributed by atoms with E-state index in [-0.39, 0.29) is 11.2 Å². The highest BCUT2D eigenvalue weighted by atomic mass is 32.2. The summed E-state index contributed by atoms with van der Waals surface area (Å²) in [4.78, 5) is 13.8. The number of aromatic nitrogens is 3. The first kappa shape index (κ1) is 18.5. The van der Waals surface area contributed by atoms with Crippen LogP contribution in [0, 0.1) is 0 Å². The topological polar surface area (TPSA) is 59.8 Å². The number of hydrogen-bond acceptors (Lipinski definition) is 5. The van der Waals surface area contributed by atoms with Crippen LogP contribution in [0.25, 0.3) is 0 Å². The van der Waals surface area contributed by atoms with Crippen LogP contribution in [0.4, 0.5) is 0 Å². The minimum atomic E-state index is -0.166. The molecule has 25 heavy (non-hydrogen) atoms. The molecule has 0 unspecified atom stereocenters. The van der Waals surface area contributed by atoms with Gasteiger partial charge in [0.05, 0.1) is 5.25 Å². The highest BCUT2D eigenvalue weighted by Gasteiger charge is 2.22. The molecular formula is C18H26N4OS2. The predicted octanol–water partition coefficient (Wildman–Crippen LogP) is 3.79. The van der Waals surface area contributed by atoms with Crippen molar-refractivity contribution in [1.82, 2.24) is 20.1 Å². The Hall–Kier alpha value is -1.34. The molecule has 0 radical (unpaired) electrons. The normalized spacial score (nSPS) is 17.2. The van der Waals surface area contributed by atoms with Gasteiger partial charge in [-0.05, 0) is 31.2 Å². The molecule has 136 valence electrons. The Morgan fingerprint density at radius 2 is 2.12 bits per heavy atom. The molecular weight excluding hydrogens is 352 g/mol. The zero-order valence-electron chi connectivity index (χ0n) is 14.9. The van der Waals surface area contributed by atoms with Crippen molar-refractivity contribution in [3.8, 4) is 0 Å². The second-order valence-corrected chi connectivity index (χ2v) is 9.01. The number of rotatable bonds is 6. The fourth-order valence-electron chi connectivity index (χ4n) is 3.12. The Balaban J connectivity index is 1.55. The number of amides is 1. The van der Waals surface area contributed by atoms with E-state index in [0.29, 0.717) is 6.04 Å². The largest absolute Gasteiger partial charge is 0.352 e. The molecule has 2 aromatic rings. The fraction of sp³-hybridized carbons (Fsp3) is 0.611. The van der Waals surface area contributed by atoms with Gasteiger partial charge in [0.2, 0.25) is 5.91 Å². The molecule has 0 bridgehead atoms. The molecule has 2 heterocycles. The van der Waals surface area contributed by atoms with Crippen LogP contribution in [0.15, 0.2) is 22.7 Å². The van der Waals surface area contributed by atoms with E-state index in [4.69, 9.17) is 0 Å². The molecule has 5 nitrogen and oxygen atoms in total. The average Bonchev–Trinajstić information content (AvgIpc) is 3.14. The third kappa shape index (κ3) is 5.07. The number of nitrogens with one attached hydrogen (secondary N) is 1. The summed E-state index contributed by atoms with van der Waals surface area (Å²) in [6.45, 7) is 1.95. The van der Waals surface area contributed by atoms with Crippen molar-refractivity contribution in [2.45, 2.75) is 68.3 Å². The van der Waals surface area contributed by atoms with Crippen LogP contribution in [0.1, 0.15) is 56.2 Å². The Bertz CT molecular complexity index is 675. The quantitative estimate of drug-likeness (QED) is 0.614. The SMILES string of the molecule is C[C@H](Sc1nnc(Cc2cccs2)n1C)C(=O)NC1CCCCCC1. The highest BCUT2D eigenvalue weighted by molar-refractivity contribution is 8.00. The van der Waals surface area contributed by atoms with Crippen LogP contribution < -0.4 is 5.32 Å². The van der Waals surface area contributed by atoms with Crippen LogP contribution in [-0.2, 0) is 18.3 Å². The van der Waals surface area contributed by atoms with Crippen LogP contribution in [-0.4, -0.2) is 32.0 Å². The molecule has 1 aliphatic rings. The van der Waals surface area contributed by atoms with Gasteiger partial charge in [0.25, 0.3) is 0 Å². The monoisotopic (exact) mass is 378 g/mol. The smallest absolute Gasteiger partial charge is 0.233 e. The van der Waals surface area contributed by atoms with Gasteiger partial charge in [-0.1, -0.05) is 43.5 Å². The summed E-state index contributed by atoms with van der Waals surface area (Å²) >= 11 is 3.21. The predicted molar refractivity (Wildman–Crippen MR) is 103 cm³/mol. The molecule has 0 aliphatic heterocycles. The lowest BCUT2D eigenvalue weighted by Crippen LogP contribution is -2.39. The van der Waals surface area contributed by atoms with Gasteiger partial charge in [-0.2, -0.15) is 0 Å². The summed E-state index contributed by atoms with van der Waals surface area (Å²) in [7, 11) is 1.97. The van der Waals surface area contributed by atoms with Gasteiger partial charge in [0, 0.05) is 24.4 Å². The molecule has 0 aromatic carbocycles. The maximum Gasteiger partial charge on any atom is 0.233 e. The van der Waals surface area contributed by atoms with E-state index in [1.165, 1.54) is 42.3 Å². The van der Waals surface area contributed by atoms with Gasteiger partial charge in [0.1, 0.15) is 5.82 Å². The summed E-state index contributed by atoms with van der Waals surface area (Å²) in [6.07, 6.45) is 8.04. The number of carbonyl (C=O) groups excluding carboxylic acids is 1. The number of thioether (sulfide) groups is 1. The molecule has 0 spiro atoms. The van der Waals surface area contributed by atoms with Crippen molar-refractivity contribution in [2.24, 2.45) is 7.05 Å². The number of nitrogens with zero attached hydrogens (tertiary/aromatic N) is 3. The van der Waals surface area contributed by atoms with Crippen molar-refractivity contribution in [2.75, 3.05) is 0 Å². The molecule has 1 fully saturated rings.